The van der Waals surface area contributed by atoms with Crippen molar-refractivity contribution in [3.05, 3.63) is 65.3 Å². The molecule has 162 valence electrons. The molecule has 0 aliphatic heterocycles. The van der Waals surface area contributed by atoms with Gasteiger partial charge >= 0.3 is 0 Å². The average Bonchev–Trinajstić information content (AvgIpc) is 2.71. The highest BCUT2D eigenvalue weighted by atomic mass is 35.5. The molecule has 0 saturated heterocycles. The summed E-state index contributed by atoms with van der Waals surface area (Å²) in [5.74, 6) is 1.58. The maximum atomic E-state index is 12.7. The minimum absolute atomic E-state index is 0.259. The minimum atomic E-state index is -1.06. The first-order chi connectivity index (χ1) is 14.7. The van der Waals surface area contributed by atoms with Crippen LogP contribution in [0.5, 0.6) is 5.75 Å². The number of rotatable bonds is 8. The van der Waals surface area contributed by atoms with Gasteiger partial charge in [0.2, 0.25) is 5.95 Å². The van der Waals surface area contributed by atoms with Crippen molar-refractivity contribution >= 4 is 40.6 Å². The summed E-state index contributed by atoms with van der Waals surface area (Å²) in [6, 6.07) is 16.1. The number of hydrogen-bond donors (Lipinski definition) is 3. The fourth-order valence-electron chi connectivity index (χ4n) is 2.78. The van der Waals surface area contributed by atoms with Crippen molar-refractivity contribution < 1.29 is 9.53 Å². The molecule has 0 radical (unpaired) electrons. The van der Waals surface area contributed by atoms with Gasteiger partial charge < -0.3 is 20.7 Å². The molecule has 7 nitrogen and oxygen atoms in total. The monoisotopic (exact) mass is 439 g/mol. The molecule has 2 aromatic carbocycles. The number of hydrogen-bond acceptors (Lipinski definition) is 6. The van der Waals surface area contributed by atoms with Crippen LogP contribution in [0.2, 0.25) is 5.02 Å². The SMILES string of the molecule is CCNc1nc(C)cc(Nc2ccc(NC(=O)C(C)(C)Oc3ccc(Cl)cc3)cc2)n1. The number of aryl methyl sites for hydroxylation is 1. The van der Waals surface area contributed by atoms with Crippen molar-refractivity contribution in [3.8, 4) is 5.75 Å². The summed E-state index contributed by atoms with van der Waals surface area (Å²) in [5, 5.41) is 9.86. The summed E-state index contributed by atoms with van der Waals surface area (Å²) in [7, 11) is 0. The van der Waals surface area contributed by atoms with Gasteiger partial charge in [0.05, 0.1) is 0 Å². The molecule has 0 unspecified atom stereocenters. The zero-order valence-electron chi connectivity index (χ0n) is 18.0. The third kappa shape index (κ3) is 6.33. The molecule has 0 bridgehead atoms. The second kappa shape index (κ2) is 9.66. The summed E-state index contributed by atoms with van der Waals surface area (Å²) >= 11 is 5.90. The Hall–Kier alpha value is -3.32. The molecule has 0 spiro atoms. The highest BCUT2D eigenvalue weighted by Gasteiger charge is 2.30. The lowest BCUT2D eigenvalue weighted by Gasteiger charge is -2.25. The standard InChI is InChI=1S/C23H26ClN5O2/c1-5-25-22-26-15(2)14-20(29-22)27-17-8-10-18(11-9-17)28-21(30)23(3,4)31-19-12-6-16(24)7-13-19/h6-14H,5H2,1-4H3,(H,28,30)(H2,25,26,27,29). The van der Waals surface area contributed by atoms with Crippen LogP contribution in [0.1, 0.15) is 26.5 Å². The lowest BCUT2D eigenvalue weighted by atomic mass is 10.1. The van der Waals surface area contributed by atoms with Gasteiger partial charge in [-0.3, -0.25) is 4.79 Å². The lowest BCUT2D eigenvalue weighted by Crippen LogP contribution is -2.42. The van der Waals surface area contributed by atoms with Crippen LogP contribution >= 0.6 is 11.6 Å². The molecule has 0 saturated carbocycles. The molecular formula is C23H26ClN5O2. The molecule has 0 aliphatic carbocycles. The van der Waals surface area contributed by atoms with E-state index in [4.69, 9.17) is 16.3 Å². The summed E-state index contributed by atoms with van der Waals surface area (Å²) in [6.07, 6.45) is 0. The number of halogens is 1. The Morgan fingerprint density at radius 1 is 1.03 bits per heavy atom. The molecule has 3 rings (SSSR count). The Morgan fingerprint density at radius 2 is 1.68 bits per heavy atom. The van der Waals surface area contributed by atoms with Crippen molar-refractivity contribution in [1.82, 2.24) is 9.97 Å². The summed E-state index contributed by atoms with van der Waals surface area (Å²) in [4.78, 5) is 21.5. The van der Waals surface area contributed by atoms with Crippen molar-refractivity contribution in [2.24, 2.45) is 0 Å². The molecular weight excluding hydrogens is 414 g/mol. The number of carbonyl (C=O) groups excluding carboxylic acids is 1. The largest absolute Gasteiger partial charge is 0.478 e. The number of nitrogens with one attached hydrogen (secondary N) is 3. The van der Waals surface area contributed by atoms with Gasteiger partial charge in [0.15, 0.2) is 5.60 Å². The maximum Gasteiger partial charge on any atom is 0.267 e. The van der Waals surface area contributed by atoms with Gasteiger partial charge in [-0.25, -0.2) is 4.98 Å². The van der Waals surface area contributed by atoms with E-state index in [1.165, 1.54) is 0 Å². The number of amides is 1. The molecule has 3 N–H and O–H groups in total. The van der Waals surface area contributed by atoms with Gasteiger partial charge in [0, 0.05) is 34.7 Å². The van der Waals surface area contributed by atoms with Crippen LogP contribution in [0, 0.1) is 6.92 Å². The quantitative estimate of drug-likeness (QED) is 0.435. The third-order valence-electron chi connectivity index (χ3n) is 4.34. The van der Waals surface area contributed by atoms with Crippen molar-refractivity contribution in [2.75, 3.05) is 22.5 Å². The van der Waals surface area contributed by atoms with Crippen LogP contribution in [0.15, 0.2) is 54.6 Å². The van der Waals surface area contributed by atoms with Gasteiger partial charge in [0.1, 0.15) is 11.6 Å². The van der Waals surface area contributed by atoms with E-state index < -0.39 is 5.60 Å². The Balaban J connectivity index is 1.63. The first-order valence-corrected chi connectivity index (χ1v) is 10.4. The van der Waals surface area contributed by atoms with E-state index in [0.29, 0.717) is 28.2 Å². The van der Waals surface area contributed by atoms with Crippen molar-refractivity contribution in [3.63, 3.8) is 0 Å². The zero-order valence-corrected chi connectivity index (χ0v) is 18.7. The highest BCUT2D eigenvalue weighted by molar-refractivity contribution is 6.30. The number of nitrogens with zero attached hydrogens (tertiary/aromatic N) is 2. The van der Waals surface area contributed by atoms with E-state index in [9.17, 15) is 4.79 Å². The van der Waals surface area contributed by atoms with Gasteiger partial charge in [-0.2, -0.15) is 4.98 Å². The maximum absolute atomic E-state index is 12.7. The molecule has 1 amide bonds. The molecule has 8 heteroatoms. The Kier molecular flexibility index (Phi) is 6.97. The molecule has 31 heavy (non-hydrogen) atoms. The second-order valence-electron chi connectivity index (χ2n) is 7.47. The van der Waals surface area contributed by atoms with Gasteiger partial charge in [-0.15, -0.1) is 0 Å². The van der Waals surface area contributed by atoms with Gasteiger partial charge in [0.25, 0.3) is 5.91 Å². The van der Waals surface area contributed by atoms with E-state index in [1.807, 2.05) is 44.2 Å². The van der Waals surface area contributed by atoms with Gasteiger partial charge in [-0.1, -0.05) is 11.6 Å². The highest BCUT2D eigenvalue weighted by Crippen LogP contribution is 2.23. The molecule has 1 aromatic heterocycles. The fourth-order valence-corrected chi connectivity index (χ4v) is 2.91. The first kappa shape index (κ1) is 22.4. The summed E-state index contributed by atoms with van der Waals surface area (Å²) in [6.45, 7) is 8.08. The average molecular weight is 440 g/mol. The fraction of sp³-hybridized carbons (Fsp3) is 0.261. The third-order valence-corrected chi connectivity index (χ3v) is 4.59. The number of anilines is 4. The molecule has 3 aromatic rings. The van der Waals surface area contributed by atoms with E-state index in [0.717, 1.165) is 17.9 Å². The Labute approximate surface area is 187 Å². The Bertz CT molecular complexity index is 1040. The molecule has 0 fully saturated rings. The predicted molar refractivity (Wildman–Crippen MR) is 125 cm³/mol. The smallest absolute Gasteiger partial charge is 0.267 e. The molecule has 0 aliphatic rings. The molecule has 0 atom stereocenters. The second-order valence-corrected chi connectivity index (χ2v) is 7.91. The van der Waals surface area contributed by atoms with E-state index >= 15 is 0 Å². The van der Waals surface area contributed by atoms with Crippen LogP contribution in [0.25, 0.3) is 0 Å². The van der Waals surface area contributed by atoms with Crippen molar-refractivity contribution in [2.45, 2.75) is 33.3 Å². The molecule has 1 heterocycles. The zero-order chi connectivity index (χ0) is 22.4. The number of ether oxygens (including phenoxy) is 1. The van der Waals surface area contributed by atoms with Crippen molar-refractivity contribution in [1.29, 1.82) is 0 Å². The Morgan fingerprint density at radius 3 is 2.32 bits per heavy atom. The van der Waals surface area contributed by atoms with E-state index in [1.54, 1.807) is 38.1 Å². The number of benzene rings is 2. The van der Waals surface area contributed by atoms with Crippen LogP contribution in [-0.4, -0.2) is 28.0 Å². The van der Waals surface area contributed by atoms with Crippen LogP contribution in [0.3, 0.4) is 0 Å². The topological polar surface area (TPSA) is 88.2 Å². The number of aromatic nitrogens is 2. The van der Waals surface area contributed by atoms with Gasteiger partial charge in [-0.05, 0) is 76.2 Å². The lowest BCUT2D eigenvalue weighted by molar-refractivity contribution is -0.128. The normalized spacial score (nSPS) is 11.0. The predicted octanol–water partition coefficient (Wildman–Crippen LogP) is 5.41. The number of carbonyl (C=O) groups is 1. The minimum Gasteiger partial charge on any atom is -0.478 e. The first-order valence-electron chi connectivity index (χ1n) is 9.98. The summed E-state index contributed by atoms with van der Waals surface area (Å²) < 4.78 is 5.83. The van der Waals surface area contributed by atoms with Crippen LogP contribution < -0.4 is 20.7 Å². The van der Waals surface area contributed by atoms with E-state index in [-0.39, 0.29) is 5.91 Å². The van der Waals surface area contributed by atoms with Crippen LogP contribution in [-0.2, 0) is 4.79 Å². The summed E-state index contributed by atoms with van der Waals surface area (Å²) in [5.41, 5.74) is 1.30. The van der Waals surface area contributed by atoms with Crippen LogP contribution in [0.4, 0.5) is 23.1 Å². The van der Waals surface area contributed by atoms with E-state index in [2.05, 4.69) is 25.9 Å².